The molecule has 1 saturated heterocycles. The topological polar surface area (TPSA) is 0 Å². The van der Waals surface area contributed by atoms with Gasteiger partial charge in [-0.05, 0) is 43.9 Å². The molecule has 1 aromatic carbocycles. The predicted octanol–water partition coefficient (Wildman–Crippen LogP) is 4.90. The number of benzene rings is 1. The van der Waals surface area contributed by atoms with Crippen molar-refractivity contribution >= 4 is 0 Å². The van der Waals surface area contributed by atoms with Crippen molar-refractivity contribution in [1.29, 1.82) is 0 Å². The molecule has 2 aliphatic rings. The molecule has 0 amide bonds. The van der Waals surface area contributed by atoms with Gasteiger partial charge in [-0.2, -0.15) is 13.2 Å². The second-order valence-electron chi connectivity index (χ2n) is 6.77. The second kappa shape index (κ2) is 5.84. The normalized spacial score (nSPS) is 22.4. The summed E-state index contributed by atoms with van der Waals surface area (Å²) in [5.74, 6) is -0.577. The lowest BCUT2D eigenvalue weighted by Crippen LogP contribution is -2.51. The minimum absolute atomic E-state index is 0.126. The average molecular weight is 316 g/mol. The fourth-order valence-corrected chi connectivity index (χ4v) is 4.38. The van der Waals surface area contributed by atoms with Crippen LogP contribution in [0.3, 0.4) is 0 Å². The van der Waals surface area contributed by atoms with Crippen LogP contribution >= 0.6 is 0 Å². The fourth-order valence-electron chi connectivity index (χ4n) is 4.38. The number of nitrogens with zero attached hydrogens (tertiary/aromatic N) is 1. The Morgan fingerprint density at radius 3 is 2.23 bits per heavy atom. The number of quaternary nitrogens is 1. The van der Waals surface area contributed by atoms with Gasteiger partial charge in [-0.1, -0.05) is 0 Å². The minimum atomic E-state index is -4.41. The quantitative estimate of drug-likeness (QED) is 0.550. The fraction of sp³-hybridized carbons (Fsp3) is 0.647. The van der Waals surface area contributed by atoms with Gasteiger partial charge in [0.2, 0.25) is 0 Å². The highest BCUT2D eigenvalue weighted by Crippen LogP contribution is 2.39. The smallest absolute Gasteiger partial charge is 0.317 e. The molecule has 122 valence electrons. The molecule has 5 heteroatoms. The molecule has 1 aromatic rings. The van der Waals surface area contributed by atoms with E-state index in [1.807, 2.05) is 0 Å². The Morgan fingerprint density at radius 1 is 1.00 bits per heavy atom. The van der Waals surface area contributed by atoms with Crippen LogP contribution < -0.4 is 0 Å². The van der Waals surface area contributed by atoms with Crippen LogP contribution in [0.25, 0.3) is 0 Å². The van der Waals surface area contributed by atoms with E-state index in [4.69, 9.17) is 0 Å². The summed E-state index contributed by atoms with van der Waals surface area (Å²) >= 11 is 0. The minimum Gasteiger partial charge on any atom is -0.317 e. The van der Waals surface area contributed by atoms with Crippen molar-refractivity contribution in [2.24, 2.45) is 0 Å². The van der Waals surface area contributed by atoms with E-state index in [1.54, 1.807) is 0 Å². The van der Waals surface area contributed by atoms with E-state index in [-0.39, 0.29) is 5.56 Å². The first-order valence-corrected chi connectivity index (χ1v) is 8.12. The number of hydrogen-bond donors (Lipinski definition) is 0. The molecule has 0 spiro atoms. The summed E-state index contributed by atoms with van der Waals surface area (Å²) in [5, 5.41) is 0. The van der Waals surface area contributed by atoms with Gasteiger partial charge < -0.3 is 4.48 Å². The molecule has 0 radical (unpaired) electrons. The SMILES string of the molecule is Fc1ccc(C(F)(F)F)c(C[N+]2(C3CCCC3)CCCC2)c1. The maximum Gasteiger partial charge on any atom is 0.416 e. The zero-order valence-electron chi connectivity index (χ0n) is 12.6. The van der Waals surface area contributed by atoms with Crippen molar-refractivity contribution in [3.05, 3.63) is 35.1 Å². The third-order valence-corrected chi connectivity index (χ3v) is 5.41. The number of likely N-dealkylation sites (tertiary alicyclic amines) is 1. The molecule has 0 unspecified atom stereocenters. The van der Waals surface area contributed by atoms with Gasteiger partial charge in [-0.3, -0.25) is 0 Å². The van der Waals surface area contributed by atoms with Crippen LogP contribution in [0, 0.1) is 5.82 Å². The van der Waals surface area contributed by atoms with E-state index < -0.39 is 17.6 Å². The Bertz CT molecular complexity index is 526. The Kier molecular flexibility index (Phi) is 4.19. The third kappa shape index (κ3) is 3.00. The molecule has 3 rings (SSSR count). The van der Waals surface area contributed by atoms with Crippen LogP contribution in [-0.4, -0.2) is 23.6 Å². The van der Waals surface area contributed by atoms with E-state index in [2.05, 4.69) is 0 Å². The van der Waals surface area contributed by atoms with Crippen molar-refractivity contribution in [3.63, 3.8) is 0 Å². The van der Waals surface area contributed by atoms with E-state index in [0.717, 1.165) is 61.5 Å². The van der Waals surface area contributed by atoms with Crippen molar-refractivity contribution in [1.82, 2.24) is 0 Å². The number of hydrogen-bond acceptors (Lipinski definition) is 0. The van der Waals surface area contributed by atoms with Crippen LogP contribution in [-0.2, 0) is 12.7 Å². The molecule has 1 nitrogen and oxygen atoms in total. The summed E-state index contributed by atoms with van der Waals surface area (Å²) in [6.45, 7) is 2.17. The zero-order chi connectivity index (χ0) is 15.8. The molecule has 1 saturated carbocycles. The Hall–Kier alpha value is -1.10. The van der Waals surface area contributed by atoms with Crippen molar-refractivity contribution < 1.29 is 22.0 Å². The molecule has 0 N–H and O–H groups in total. The van der Waals surface area contributed by atoms with Gasteiger partial charge in [-0.15, -0.1) is 0 Å². The number of alkyl halides is 3. The summed E-state index contributed by atoms with van der Waals surface area (Å²) < 4.78 is 53.9. The van der Waals surface area contributed by atoms with Gasteiger partial charge in [0.1, 0.15) is 12.4 Å². The zero-order valence-corrected chi connectivity index (χ0v) is 12.6. The van der Waals surface area contributed by atoms with E-state index in [9.17, 15) is 17.6 Å². The molecule has 1 aliphatic carbocycles. The highest BCUT2D eigenvalue weighted by Gasteiger charge is 2.43. The van der Waals surface area contributed by atoms with Crippen LogP contribution in [0.15, 0.2) is 18.2 Å². The summed E-state index contributed by atoms with van der Waals surface area (Å²) in [6, 6.07) is 3.35. The molecule has 1 aliphatic heterocycles. The Balaban J connectivity index is 1.94. The predicted molar refractivity (Wildman–Crippen MR) is 76.6 cm³/mol. The molecule has 1 heterocycles. The molecule has 2 fully saturated rings. The largest absolute Gasteiger partial charge is 0.416 e. The molecule has 0 atom stereocenters. The molecular formula is C17H22F4N+. The van der Waals surface area contributed by atoms with E-state index >= 15 is 0 Å². The highest BCUT2D eigenvalue weighted by atomic mass is 19.4. The van der Waals surface area contributed by atoms with E-state index in [1.165, 1.54) is 12.8 Å². The van der Waals surface area contributed by atoms with Crippen LogP contribution in [0.2, 0.25) is 0 Å². The summed E-state index contributed by atoms with van der Waals surface area (Å²) in [6.07, 6.45) is 2.23. The molecular weight excluding hydrogens is 294 g/mol. The van der Waals surface area contributed by atoms with Crippen LogP contribution in [0.4, 0.5) is 17.6 Å². The van der Waals surface area contributed by atoms with E-state index in [0.29, 0.717) is 12.6 Å². The molecule has 22 heavy (non-hydrogen) atoms. The van der Waals surface area contributed by atoms with Crippen molar-refractivity contribution in [3.8, 4) is 0 Å². The summed E-state index contributed by atoms with van der Waals surface area (Å²) in [4.78, 5) is 0. The lowest BCUT2D eigenvalue weighted by Gasteiger charge is -2.40. The molecule has 0 bridgehead atoms. The summed E-state index contributed by atoms with van der Waals surface area (Å²) in [7, 11) is 0. The Morgan fingerprint density at radius 2 is 1.64 bits per heavy atom. The number of halogens is 4. The lowest BCUT2D eigenvalue weighted by atomic mass is 10.0. The first-order valence-electron chi connectivity index (χ1n) is 8.12. The van der Waals surface area contributed by atoms with Crippen molar-refractivity contribution in [2.75, 3.05) is 13.1 Å². The summed E-state index contributed by atoms with van der Waals surface area (Å²) in [5.41, 5.74) is -0.544. The maximum absolute atomic E-state index is 13.5. The molecule has 0 aromatic heterocycles. The standard InChI is InChI=1S/C17H22F4N/c18-14-7-8-16(17(19,20)21)13(11-14)12-22(9-3-4-10-22)15-5-1-2-6-15/h7-8,11,15H,1-6,9-10,12H2/q+1. The van der Waals surface area contributed by atoms with Gasteiger partial charge in [-0.25, -0.2) is 4.39 Å². The lowest BCUT2D eigenvalue weighted by molar-refractivity contribution is -0.952. The first kappa shape index (κ1) is 15.8. The maximum atomic E-state index is 13.5. The van der Waals surface area contributed by atoms with Crippen molar-refractivity contribution in [2.45, 2.75) is 57.3 Å². The van der Waals surface area contributed by atoms with Crippen LogP contribution in [0.5, 0.6) is 0 Å². The van der Waals surface area contributed by atoms with Crippen LogP contribution in [0.1, 0.15) is 49.7 Å². The second-order valence-corrected chi connectivity index (χ2v) is 6.77. The highest BCUT2D eigenvalue weighted by molar-refractivity contribution is 5.30. The third-order valence-electron chi connectivity index (χ3n) is 5.41. The monoisotopic (exact) mass is 316 g/mol. The van der Waals surface area contributed by atoms with Gasteiger partial charge in [0.25, 0.3) is 0 Å². The van der Waals surface area contributed by atoms with Gasteiger partial charge >= 0.3 is 6.18 Å². The van der Waals surface area contributed by atoms with Gasteiger partial charge in [0.05, 0.1) is 24.7 Å². The average Bonchev–Trinajstić information content (AvgIpc) is 3.08. The Labute approximate surface area is 128 Å². The first-order chi connectivity index (χ1) is 10.4. The van der Waals surface area contributed by atoms with Gasteiger partial charge in [0.15, 0.2) is 0 Å². The number of rotatable bonds is 3. The van der Waals surface area contributed by atoms with Gasteiger partial charge in [0, 0.05) is 18.4 Å².